The van der Waals surface area contributed by atoms with Crippen LogP contribution in [0.15, 0.2) is 22.8 Å². The zero-order chi connectivity index (χ0) is 20.2. The Labute approximate surface area is 169 Å². The number of nitrogen functional groups attached to an aromatic ring is 1. The van der Waals surface area contributed by atoms with Crippen molar-refractivity contribution in [2.75, 3.05) is 45.2 Å². The predicted octanol–water partition coefficient (Wildman–Crippen LogP) is 2.43. The average Bonchev–Trinajstić information content (AvgIpc) is 3.29. The summed E-state index contributed by atoms with van der Waals surface area (Å²) < 4.78 is 18.2. The van der Waals surface area contributed by atoms with Gasteiger partial charge in [-0.1, -0.05) is 13.8 Å². The van der Waals surface area contributed by atoms with Crippen molar-refractivity contribution < 1.29 is 14.1 Å². The molecule has 0 bridgehead atoms. The lowest BCUT2D eigenvalue weighted by Crippen LogP contribution is -2.37. The van der Waals surface area contributed by atoms with Crippen molar-refractivity contribution in [2.24, 2.45) is 5.92 Å². The topological polar surface area (TPSA) is 104 Å². The zero-order valence-electron chi connectivity index (χ0n) is 17.0. The molecule has 0 aliphatic carbocycles. The lowest BCUT2D eigenvalue weighted by molar-refractivity contribution is 0.0358. The molecule has 3 aromatic rings. The van der Waals surface area contributed by atoms with Crippen molar-refractivity contribution in [3.05, 3.63) is 18.2 Å². The van der Waals surface area contributed by atoms with E-state index in [4.69, 9.17) is 24.8 Å². The standard InChI is InChI=1S/C20H28N6O3/c1-14(2)13-26-17-5-4-15(28-9-3-6-25-7-10-27-11-8-25)12-16(17)22-20(26)18-19(21)24-29-23-18/h4-5,12,14H,3,6-11,13H2,1-2H3,(H2,21,24). The summed E-state index contributed by atoms with van der Waals surface area (Å²) in [7, 11) is 0. The van der Waals surface area contributed by atoms with Crippen LogP contribution in [0.2, 0.25) is 0 Å². The van der Waals surface area contributed by atoms with E-state index in [9.17, 15) is 0 Å². The number of ether oxygens (including phenoxy) is 2. The molecule has 1 aromatic carbocycles. The fourth-order valence-corrected chi connectivity index (χ4v) is 3.58. The molecule has 2 N–H and O–H groups in total. The number of nitrogens with zero attached hydrogens (tertiary/aromatic N) is 5. The van der Waals surface area contributed by atoms with Crippen molar-refractivity contribution in [2.45, 2.75) is 26.8 Å². The molecule has 0 radical (unpaired) electrons. The first-order valence-corrected chi connectivity index (χ1v) is 10.1. The molecule has 0 amide bonds. The molecule has 1 aliphatic rings. The third kappa shape index (κ3) is 4.51. The maximum Gasteiger partial charge on any atom is 0.199 e. The minimum Gasteiger partial charge on any atom is -0.493 e. The van der Waals surface area contributed by atoms with Gasteiger partial charge in [0.1, 0.15) is 5.75 Å². The molecule has 2 aromatic heterocycles. The second-order valence-corrected chi connectivity index (χ2v) is 7.74. The zero-order valence-corrected chi connectivity index (χ0v) is 17.0. The predicted molar refractivity (Wildman–Crippen MR) is 110 cm³/mol. The van der Waals surface area contributed by atoms with Crippen molar-refractivity contribution in [1.82, 2.24) is 24.8 Å². The van der Waals surface area contributed by atoms with Crippen LogP contribution in [0.5, 0.6) is 5.75 Å². The average molecular weight is 400 g/mol. The van der Waals surface area contributed by atoms with Gasteiger partial charge in [0, 0.05) is 32.2 Å². The van der Waals surface area contributed by atoms with Crippen LogP contribution in [-0.4, -0.2) is 64.2 Å². The van der Waals surface area contributed by atoms with E-state index in [2.05, 4.69) is 33.6 Å². The van der Waals surface area contributed by atoms with Gasteiger partial charge in [-0.3, -0.25) is 4.90 Å². The summed E-state index contributed by atoms with van der Waals surface area (Å²) in [5.74, 6) is 2.15. The Bertz CT molecular complexity index is 945. The number of morpholine rings is 1. The van der Waals surface area contributed by atoms with Crippen LogP contribution in [0.3, 0.4) is 0 Å². The van der Waals surface area contributed by atoms with Gasteiger partial charge in [-0.15, -0.1) is 0 Å². The van der Waals surface area contributed by atoms with E-state index in [0.29, 0.717) is 24.0 Å². The maximum absolute atomic E-state index is 5.97. The van der Waals surface area contributed by atoms with E-state index < -0.39 is 0 Å². The van der Waals surface area contributed by atoms with E-state index in [1.165, 1.54) is 0 Å². The fraction of sp³-hybridized carbons (Fsp3) is 0.550. The van der Waals surface area contributed by atoms with Gasteiger partial charge >= 0.3 is 0 Å². The highest BCUT2D eigenvalue weighted by Crippen LogP contribution is 2.29. The van der Waals surface area contributed by atoms with Crippen molar-refractivity contribution >= 4 is 16.9 Å². The molecular weight excluding hydrogens is 372 g/mol. The fourth-order valence-electron chi connectivity index (χ4n) is 3.58. The number of hydrogen-bond acceptors (Lipinski definition) is 8. The Morgan fingerprint density at radius 1 is 1.21 bits per heavy atom. The normalized spacial score (nSPS) is 15.4. The molecule has 0 saturated carbocycles. The van der Waals surface area contributed by atoms with Gasteiger partial charge in [0.15, 0.2) is 17.3 Å². The largest absolute Gasteiger partial charge is 0.493 e. The number of nitrogens with two attached hydrogens (primary N) is 1. The highest BCUT2D eigenvalue weighted by molar-refractivity contribution is 5.82. The quantitative estimate of drug-likeness (QED) is 0.575. The number of hydrogen-bond donors (Lipinski definition) is 1. The minimum atomic E-state index is 0.241. The van der Waals surface area contributed by atoms with E-state index in [1.54, 1.807) is 0 Å². The van der Waals surface area contributed by atoms with Crippen molar-refractivity contribution in [3.63, 3.8) is 0 Å². The summed E-state index contributed by atoms with van der Waals surface area (Å²) >= 11 is 0. The highest BCUT2D eigenvalue weighted by atomic mass is 16.6. The number of anilines is 1. The molecule has 0 atom stereocenters. The Morgan fingerprint density at radius 3 is 2.76 bits per heavy atom. The van der Waals surface area contributed by atoms with Gasteiger partial charge in [-0.25, -0.2) is 9.61 Å². The summed E-state index contributed by atoms with van der Waals surface area (Å²) in [6.07, 6.45) is 0.978. The Hall–Kier alpha value is -2.65. The van der Waals surface area contributed by atoms with Gasteiger partial charge in [0.2, 0.25) is 0 Å². The van der Waals surface area contributed by atoms with E-state index in [0.717, 1.165) is 62.6 Å². The molecule has 1 fully saturated rings. The van der Waals surface area contributed by atoms with E-state index in [1.807, 2.05) is 18.2 Å². The summed E-state index contributed by atoms with van der Waals surface area (Å²) in [6, 6.07) is 5.99. The Kier molecular flexibility index (Phi) is 5.96. The third-order valence-electron chi connectivity index (χ3n) is 4.98. The Balaban J connectivity index is 1.49. The summed E-state index contributed by atoms with van der Waals surface area (Å²) in [6.45, 7) is 10.5. The first kappa shape index (κ1) is 19.7. The molecule has 0 spiro atoms. The molecule has 1 aliphatic heterocycles. The Morgan fingerprint density at radius 2 is 2.03 bits per heavy atom. The lowest BCUT2D eigenvalue weighted by atomic mass is 10.2. The van der Waals surface area contributed by atoms with Gasteiger partial charge in [-0.2, -0.15) is 0 Å². The lowest BCUT2D eigenvalue weighted by Gasteiger charge is -2.26. The first-order valence-electron chi connectivity index (χ1n) is 10.1. The monoisotopic (exact) mass is 400 g/mol. The van der Waals surface area contributed by atoms with Crippen molar-refractivity contribution in [3.8, 4) is 17.3 Å². The van der Waals surface area contributed by atoms with Gasteiger partial charge in [0.05, 0.1) is 30.9 Å². The number of imidazole rings is 1. The van der Waals surface area contributed by atoms with E-state index in [-0.39, 0.29) is 5.82 Å². The highest BCUT2D eigenvalue weighted by Gasteiger charge is 2.20. The molecule has 4 rings (SSSR count). The second kappa shape index (κ2) is 8.79. The number of rotatable bonds is 8. The van der Waals surface area contributed by atoms with E-state index >= 15 is 0 Å². The molecular formula is C20H28N6O3. The molecule has 29 heavy (non-hydrogen) atoms. The summed E-state index contributed by atoms with van der Waals surface area (Å²) in [4.78, 5) is 7.16. The third-order valence-corrected chi connectivity index (χ3v) is 4.98. The van der Waals surface area contributed by atoms with Crippen LogP contribution in [0.25, 0.3) is 22.6 Å². The van der Waals surface area contributed by atoms with Gasteiger partial charge < -0.3 is 19.8 Å². The first-order chi connectivity index (χ1) is 14.1. The smallest absolute Gasteiger partial charge is 0.199 e. The number of benzene rings is 1. The molecule has 0 unspecified atom stereocenters. The van der Waals surface area contributed by atoms with Crippen LogP contribution >= 0.6 is 0 Å². The van der Waals surface area contributed by atoms with Crippen LogP contribution < -0.4 is 10.5 Å². The number of fused-ring (bicyclic) bond motifs is 1. The van der Waals surface area contributed by atoms with Crippen LogP contribution in [0.4, 0.5) is 5.82 Å². The molecule has 156 valence electrons. The van der Waals surface area contributed by atoms with Crippen molar-refractivity contribution in [1.29, 1.82) is 0 Å². The summed E-state index contributed by atoms with van der Waals surface area (Å²) in [5.41, 5.74) is 8.23. The van der Waals surface area contributed by atoms with Crippen LogP contribution in [0, 0.1) is 5.92 Å². The minimum absolute atomic E-state index is 0.241. The second-order valence-electron chi connectivity index (χ2n) is 7.74. The maximum atomic E-state index is 5.97. The van der Waals surface area contributed by atoms with Gasteiger partial charge in [-0.05, 0) is 34.8 Å². The number of aromatic nitrogens is 4. The molecule has 3 heterocycles. The van der Waals surface area contributed by atoms with Crippen LogP contribution in [0.1, 0.15) is 20.3 Å². The molecule has 1 saturated heterocycles. The molecule has 9 nitrogen and oxygen atoms in total. The SMILES string of the molecule is CC(C)Cn1c(-c2nonc2N)nc2cc(OCCCN3CCOCC3)ccc21. The van der Waals surface area contributed by atoms with Crippen LogP contribution in [-0.2, 0) is 11.3 Å². The summed E-state index contributed by atoms with van der Waals surface area (Å²) in [5, 5.41) is 7.63. The van der Waals surface area contributed by atoms with Gasteiger partial charge in [0.25, 0.3) is 0 Å². The molecule has 9 heteroatoms.